The fourth-order valence-electron chi connectivity index (χ4n) is 1.63. The number of alkyl halides is 3. The van der Waals surface area contributed by atoms with E-state index in [0.717, 1.165) is 12.2 Å². The highest BCUT2D eigenvalue weighted by atomic mass is 19.4. The number of hydrogen-bond acceptors (Lipinski definition) is 5. The van der Waals surface area contributed by atoms with E-state index in [1.807, 2.05) is 0 Å². The first-order chi connectivity index (χ1) is 9.86. The zero-order chi connectivity index (χ0) is 15.2. The maximum absolute atomic E-state index is 12.7. The summed E-state index contributed by atoms with van der Waals surface area (Å²) in [4.78, 5) is 22.7. The summed E-state index contributed by atoms with van der Waals surface area (Å²) < 4.78 is 39.2. The molecule has 21 heavy (non-hydrogen) atoms. The minimum absolute atomic E-state index is 0.155. The number of azo groups is 2. The Labute approximate surface area is 113 Å². The standard InChI is InChI=1S/C10H4F3N6O2/c11-10(12,13)9-15-14-5-1-2-6(16-19(5)9)18-8(21)4-3-7(20)17-18/h1-4H/q+1. The predicted octanol–water partition coefficient (Wildman–Crippen LogP) is 0.862. The summed E-state index contributed by atoms with van der Waals surface area (Å²) in [6.07, 6.45) is -2.88. The van der Waals surface area contributed by atoms with Crippen LogP contribution in [0.4, 0.5) is 19.0 Å². The number of carbonyl (C=O) groups excluding carboxylic acids is 2. The molecule has 3 rings (SSSR count). The summed E-state index contributed by atoms with van der Waals surface area (Å²) in [6, 6.07) is 2.38. The van der Waals surface area contributed by atoms with Crippen LogP contribution in [-0.4, -0.2) is 36.3 Å². The van der Waals surface area contributed by atoms with Crippen molar-refractivity contribution in [3.05, 3.63) is 30.1 Å². The van der Waals surface area contributed by atoms with Gasteiger partial charge in [-0.05, 0) is 11.2 Å². The van der Waals surface area contributed by atoms with Crippen LogP contribution in [0.1, 0.15) is 5.82 Å². The lowest BCUT2D eigenvalue weighted by Crippen LogP contribution is -2.20. The van der Waals surface area contributed by atoms with E-state index in [1.54, 1.807) is 0 Å². The monoisotopic (exact) mass is 297 g/mol. The summed E-state index contributed by atoms with van der Waals surface area (Å²) in [5, 5.41) is 13.3. The minimum Gasteiger partial charge on any atom is -0.264 e. The van der Waals surface area contributed by atoms with Gasteiger partial charge in [-0.25, -0.2) is 4.79 Å². The Hall–Kier alpha value is -2.98. The lowest BCUT2D eigenvalue weighted by molar-refractivity contribution is -0.430. The summed E-state index contributed by atoms with van der Waals surface area (Å²) in [6.45, 7) is 0. The maximum atomic E-state index is 12.7. The topological polar surface area (TPSA) is 92.6 Å². The first-order valence-corrected chi connectivity index (χ1v) is 5.44. The zero-order valence-electron chi connectivity index (χ0n) is 9.94. The van der Waals surface area contributed by atoms with E-state index >= 15 is 0 Å². The van der Waals surface area contributed by atoms with Crippen LogP contribution in [0, 0.1) is 0 Å². The van der Waals surface area contributed by atoms with Gasteiger partial charge in [-0.2, -0.15) is 13.2 Å². The van der Waals surface area contributed by atoms with Crippen LogP contribution in [0.5, 0.6) is 0 Å². The second-order valence-electron chi connectivity index (χ2n) is 3.90. The molecule has 0 radical (unpaired) electrons. The van der Waals surface area contributed by atoms with Crippen LogP contribution in [-0.2, 0) is 15.8 Å². The van der Waals surface area contributed by atoms with Crippen molar-refractivity contribution < 1.29 is 27.5 Å². The Kier molecular flexibility index (Phi) is 2.64. The second kappa shape index (κ2) is 4.26. The number of nitrogens with zero attached hydrogens (tertiary/aromatic N) is 6. The lowest BCUT2D eigenvalue weighted by atomic mass is 10.4. The van der Waals surface area contributed by atoms with Crippen molar-refractivity contribution in [3.63, 3.8) is 0 Å². The highest BCUT2D eigenvalue weighted by Gasteiger charge is 2.39. The molecule has 11 heteroatoms. The summed E-state index contributed by atoms with van der Waals surface area (Å²) in [5.41, 5.74) is -0.155. The van der Waals surface area contributed by atoms with Crippen molar-refractivity contribution in [2.45, 2.75) is 6.18 Å². The van der Waals surface area contributed by atoms with Crippen molar-refractivity contribution in [2.24, 2.45) is 5.11 Å². The lowest BCUT2D eigenvalue weighted by Gasteiger charge is -2.01. The van der Waals surface area contributed by atoms with Gasteiger partial charge in [0.2, 0.25) is 5.65 Å². The highest BCUT2D eigenvalue weighted by Crippen LogP contribution is 2.27. The second-order valence-corrected chi connectivity index (χ2v) is 3.90. The van der Waals surface area contributed by atoms with Crippen molar-refractivity contribution in [2.75, 3.05) is 0 Å². The van der Waals surface area contributed by atoms with Gasteiger partial charge in [0, 0.05) is 18.2 Å². The Morgan fingerprint density at radius 2 is 1.86 bits per heavy atom. The molecule has 0 aliphatic carbocycles. The molecule has 2 amide bonds. The molecular formula is C10H4F3N6O2+. The zero-order valence-corrected chi connectivity index (χ0v) is 9.94. The third kappa shape index (κ3) is 2.17. The molecular weight excluding hydrogens is 293 g/mol. The van der Waals surface area contributed by atoms with Crippen molar-refractivity contribution in [1.82, 2.24) is 19.8 Å². The van der Waals surface area contributed by atoms with Gasteiger partial charge in [0.05, 0.1) is 5.10 Å². The van der Waals surface area contributed by atoms with Crippen LogP contribution in [0.25, 0.3) is 5.65 Å². The van der Waals surface area contributed by atoms with Gasteiger partial charge in [0.1, 0.15) is 0 Å². The average Bonchev–Trinajstić information content (AvgIpc) is 2.84. The molecule has 0 atom stereocenters. The van der Waals surface area contributed by atoms with Crippen molar-refractivity contribution >= 4 is 23.3 Å². The molecule has 106 valence electrons. The summed E-state index contributed by atoms with van der Waals surface area (Å²) in [7, 11) is 0. The van der Waals surface area contributed by atoms with Gasteiger partial charge in [-0.15, -0.1) is 10.2 Å². The number of aromatic nitrogens is 4. The van der Waals surface area contributed by atoms with Crippen LogP contribution in [0.3, 0.4) is 0 Å². The normalized spacial score (nSPS) is 15.7. The van der Waals surface area contributed by atoms with E-state index < -0.39 is 23.8 Å². The first kappa shape index (κ1) is 13.0. The fourth-order valence-corrected chi connectivity index (χ4v) is 1.63. The Morgan fingerprint density at radius 3 is 2.57 bits per heavy atom. The van der Waals surface area contributed by atoms with E-state index in [1.165, 1.54) is 12.1 Å². The molecule has 2 aromatic rings. The molecule has 0 unspecified atom stereocenters. The molecule has 0 N–H and O–H groups in total. The molecule has 0 spiro atoms. The van der Waals surface area contributed by atoms with E-state index in [2.05, 4.69) is 20.4 Å². The number of hydrogen-bond donors (Lipinski definition) is 0. The number of fused-ring (bicyclic) bond motifs is 1. The molecule has 0 saturated carbocycles. The molecule has 8 nitrogen and oxygen atoms in total. The molecule has 0 aromatic carbocycles. The molecule has 1 aliphatic rings. The van der Waals surface area contributed by atoms with Gasteiger partial charge in [0.25, 0.3) is 5.82 Å². The van der Waals surface area contributed by atoms with E-state index in [9.17, 15) is 22.8 Å². The molecule has 0 bridgehead atoms. The molecule has 0 fully saturated rings. The van der Waals surface area contributed by atoms with Gasteiger partial charge in [-0.3, -0.25) is 4.79 Å². The van der Waals surface area contributed by atoms with Gasteiger partial charge in [-0.1, -0.05) is 9.21 Å². The largest absolute Gasteiger partial charge is 0.455 e. The fraction of sp³-hybridized carbons (Fsp3) is 0.100. The Balaban J connectivity index is 2.17. The number of amides is 2. The molecule has 0 saturated heterocycles. The van der Waals surface area contributed by atoms with Crippen molar-refractivity contribution in [3.8, 4) is 0 Å². The molecule has 2 aromatic heterocycles. The maximum Gasteiger partial charge on any atom is 0.455 e. The average molecular weight is 297 g/mol. The molecule has 1 aliphatic heterocycles. The van der Waals surface area contributed by atoms with Gasteiger partial charge < -0.3 is 0 Å². The van der Waals surface area contributed by atoms with E-state index in [4.69, 9.17) is 0 Å². The number of rotatable bonds is 1. The van der Waals surface area contributed by atoms with E-state index in [0.29, 0.717) is 9.21 Å². The summed E-state index contributed by atoms with van der Waals surface area (Å²) >= 11 is 0. The SMILES string of the molecule is O=C1C=CC(=O)[N+](c2ccc3nnc(C(F)(F)F)n3n2)=N1. The minimum atomic E-state index is -4.76. The molecule has 3 heterocycles. The van der Waals surface area contributed by atoms with Crippen LogP contribution in [0.2, 0.25) is 0 Å². The van der Waals surface area contributed by atoms with Gasteiger partial charge in [0.15, 0.2) is 0 Å². The van der Waals surface area contributed by atoms with Gasteiger partial charge >= 0.3 is 23.8 Å². The van der Waals surface area contributed by atoms with Crippen LogP contribution >= 0.6 is 0 Å². The summed E-state index contributed by atoms with van der Waals surface area (Å²) in [5.74, 6) is -3.03. The smallest absolute Gasteiger partial charge is 0.264 e. The predicted molar refractivity (Wildman–Crippen MR) is 57.3 cm³/mol. The highest BCUT2D eigenvalue weighted by molar-refractivity contribution is 5.96. The Bertz CT molecular complexity index is 835. The quantitative estimate of drug-likeness (QED) is 0.728. The van der Waals surface area contributed by atoms with Crippen LogP contribution < -0.4 is 0 Å². The van der Waals surface area contributed by atoms with E-state index in [-0.39, 0.29) is 11.5 Å². The third-order valence-corrected chi connectivity index (χ3v) is 2.50. The Morgan fingerprint density at radius 1 is 1.10 bits per heavy atom. The third-order valence-electron chi connectivity index (χ3n) is 2.50. The van der Waals surface area contributed by atoms with Crippen LogP contribution in [0.15, 0.2) is 29.4 Å². The van der Waals surface area contributed by atoms with Crippen molar-refractivity contribution in [1.29, 1.82) is 0 Å². The number of halogens is 3. The first-order valence-electron chi connectivity index (χ1n) is 5.44. The number of carbonyl (C=O) groups is 2.